The molecule has 0 spiro atoms. The van der Waals surface area contributed by atoms with Crippen molar-refractivity contribution in [1.82, 2.24) is 10.2 Å². The van der Waals surface area contributed by atoms with Gasteiger partial charge in [0.1, 0.15) is 0 Å². The summed E-state index contributed by atoms with van der Waals surface area (Å²) in [5.74, 6) is 0.891. The smallest absolute Gasteiger partial charge is 0.305 e. The number of nitrogens with zero attached hydrogens (tertiary/aromatic N) is 1. The number of carbonyl (C=O) groups excluding carboxylic acids is 1. The maximum atomic E-state index is 11.8. The van der Waals surface area contributed by atoms with Gasteiger partial charge < -0.3 is 15.0 Å². The van der Waals surface area contributed by atoms with Crippen LogP contribution in [0.3, 0.4) is 0 Å². The number of nitrogens with one attached hydrogen (secondary N) is 1. The number of hydrogen-bond acceptors (Lipinski definition) is 4. The molecule has 0 aromatic carbocycles. The van der Waals surface area contributed by atoms with E-state index >= 15 is 0 Å². The van der Waals surface area contributed by atoms with Crippen LogP contribution in [0.25, 0.3) is 0 Å². The van der Waals surface area contributed by atoms with E-state index in [1.165, 1.54) is 155 Å². The summed E-state index contributed by atoms with van der Waals surface area (Å²) >= 11 is 0. The van der Waals surface area contributed by atoms with Crippen molar-refractivity contribution in [1.29, 1.82) is 0 Å². The summed E-state index contributed by atoms with van der Waals surface area (Å²) in [5, 5.41) is 3.60. The van der Waals surface area contributed by atoms with E-state index in [-0.39, 0.29) is 5.97 Å². The number of unbranched alkanes of at least 4 members (excludes halogenated alkanes) is 17. The highest BCUT2D eigenvalue weighted by Gasteiger charge is 2.14. The molecule has 1 aliphatic heterocycles. The lowest BCUT2D eigenvalue weighted by atomic mass is 9.96. The lowest BCUT2D eigenvalue weighted by Gasteiger charge is -2.27. The molecular formula is C34H68N2O2. The Morgan fingerprint density at radius 3 is 1.76 bits per heavy atom. The second kappa shape index (κ2) is 27.9. The van der Waals surface area contributed by atoms with E-state index in [1.807, 2.05) is 0 Å². The maximum absolute atomic E-state index is 11.8. The first-order chi connectivity index (χ1) is 18.8. The van der Waals surface area contributed by atoms with Crippen LogP contribution in [0, 0.1) is 5.92 Å². The summed E-state index contributed by atoms with van der Waals surface area (Å²) < 4.78 is 5.33. The van der Waals surface area contributed by atoms with Gasteiger partial charge in [0.05, 0.1) is 6.61 Å². The van der Waals surface area contributed by atoms with Gasteiger partial charge in [-0.3, -0.25) is 4.79 Å². The Balaban J connectivity index is 2.08. The largest absolute Gasteiger partial charge is 0.466 e. The van der Waals surface area contributed by atoms with Crippen molar-refractivity contribution in [3.8, 4) is 0 Å². The highest BCUT2D eigenvalue weighted by Crippen LogP contribution is 2.17. The van der Waals surface area contributed by atoms with E-state index in [0.717, 1.165) is 31.6 Å². The van der Waals surface area contributed by atoms with Gasteiger partial charge in [0, 0.05) is 6.42 Å². The van der Waals surface area contributed by atoms with Gasteiger partial charge in [-0.2, -0.15) is 0 Å². The Bertz CT molecular complexity index is 493. The van der Waals surface area contributed by atoms with Crippen LogP contribution in [-0.4, -0.2) is 50.2 Å². The Morgan fingerprint density at radius 2 is 1.21 bits per heavy atom. The Morgan fingerprint density at radius 1 is 0.684 bits per heavy atom. The monoisotopic (exact) mass is 537 g/mol. The lowest BCUT2D eigenvalue weighted by Crippen LogP contribution is -2.34. The minimum absolute atomic E-state index is 0.00638. The van der Waals surface area contributed by atoms with E-state index in [1.54, 1.807) is 0 Å². The number of hydrogen-bond donors (Lipinski definition) is 1. The standard InChI is InChI=1S/C34H68N2O2/c1-3-5-7-8-9-10-11-12-13-14-17-20-28-36(30-26-33-24-23-27-35-32-33)29-21-18-15-16-19-25-34(37)38-31-22-6-4-2/h33,35H,3-32H2,1-2H3. The SMILES string of the molecule is CCCCCCCCCCCCCCN(CCCCCCCC(=O)OCCCCC)CCC1CCCNC1. The third-order valence-corrected chi connectivity index (χ3v) is 8.45. The molecule has 0 aromatic heterocycles. The normalized spacial score (nSPS) is 15.8. The number of carbonyl (C=O) groups is 1. The van der Waals surface area contributed by atoms with Crippen LogP contribution in [0.1, 0.15) is 168 Å². The van der Waals surface area contributed by atoms with Gasteiger partial charge in [-0.1, -0.05) is 117 Å². The zero-order chi connectivity index (χ0) is 27.4. The van der Waals surface area contributed by atoms with Gasteiger partial charge in [-0.15, -0.1) is 0 Å². The average molecular weight is 537 g/mol. The van der Waals surface area contributed by atoms with Gasteiger partial charge >= 0.3 is 5.97 Å². The molecule has 0 aliphatic carbocycles. The molecular weight excluding hydrogens is 468 g/mol. The van der Waals surface area contributed by atoms with E-state index in [0.29, 0.717) is 13.0 Å². The van der Waals surface area contributed by atoms with Crippen LogP contribution >= 0.6 is 0 Å². The molecule has 0 saturated carbocycles. The average Bonchev–Trinajstić information content (AvgIpc) is 2.94. The van der Waals surface area contributed by atoms with Gasteiger partial charge in [0.15, 0.2) is 0 Å². The number of rotatable bonds is 28. The first kappa shape index (κ1) is 35.4. The van der Waals surface area contributed by atoms with Crippen LogP contribution in [0.15, 0.2) is 0 Å². The molecule has 1 aliphatic rings. The number of ether oxygens (including phenoxy) is 1. The quantitative estimate of drug-likeness (QED) is 0.0798. The third-order valence-electron chi connectivity index (χ3n) is 8.45. The van der Waals surface area contributed by atoms with E-state index in [4.69, 9.17) is 4.74 Å². The summed E-state index contributed by atoms with van der Waals surface area (Å²) in [7, 11) is 0. The first-order valence-electron chi connectivity index (χ1n) is 17.3. The van der Waals surface area contributed by atoms with Crippen molar-refractivity contribution in [3.05, 3.63) is 0 Å². The molecule has 1 rings (SSSR count). The summed E-state index contributed by atoms with van der Waals surface area (Å²) in [4.78, 5) is 14.6. The van der Waals surface area contributed by atoms with Crippen molar-refractivity contribution in [2.45, 2.75) is 168 Å². The topological polar surface area (TPSA) is 41.6 Å². The van der Waals surface area contributed by atoms with Crippen molar-refractivity contribution in [3.63, 3.8) is 0 Å². The summed E-state index contributed by atoms with van der Waals surface area (Å²) in [6, 6.07) is 0. The Labute approximate surface area is 238 Å². The van der Waals surface area contributed by atoms with Crippen molar-refractivity contribution in [2.24, 2.45) is 5.92 Å². The fourth-order valence-electron chi connectivity index (χ4n) is 5.79. The fraction of sp³-hybridized carbons (Fsp3) is 0.971. The molecule has 1 heterocycles. The van der Waals surface area contributed by atoms with Crippen molar-refractivity contribution in [2.75, 3.05) is 39.3 Å². The zero-order valence-electron chi connectivity index (χ0n) is 26.1. The third kappa shape index (κ3) is 23.3. The number of piperidine rings is 1. The summed E-state index contributed by atoms with van der Waals surface area (Å²) in [5.41, 5.74) is 0. The lowest BCUT2D eigenvalue weighted by molar-refractivity contribution is -0.143. The molecule has 4 heteroatoms. The predicted molar refractivity (Wildman–Crippen MR) is 166 cm³/mol. The molecule has 4 nitrogen and oxygen atoms in total. The van der Waals surface area contributed by atoms with E-state index < -0.39 is 0 Å². The van der Waals surface area contributed by atoms with E-state index in [2.05, 4.69) is 24.1 Å². The molecule has 1 fully saturated rings. The second-order valence-corrected chi connectivity index (χ2v) is 12.2. The van der Waals surface area contributed by atoms with Crippen LogP contribution in [0.2, 0.25) is 0 Å². The molecule has 0 amide bonds. The highest BCUT2D eigenvalue weighted by molar-refractivity contribution is 5.69. The predicted octanol–water partition coefficient (Wildman–Crippen LogP) is 9.45. The minimum Gasteiger partial charge on any atom is -0.466 e. The molecule has 0 bridgehead atoms. The first-order valence-corrected chi connectivity index (χ1v) is 17.3. The molecule has 0 aromatic rings. The van der Waals surface area contributed by atoms with Gasteiger partial charge in [0.2, 0.25) is 0 Å². The molecule has 0 radical (unpaired) electrons. The Hall–Kier alpha value is -0.610. The van der Waals surface area contributed by atoms with Gasteiger partial charge in [-0.05, 0) is 83.6 Å². The summed E-state index contributed by atoms with van der Waals surface area (Å²) in [6.45, 7) is 11.4. The van der Waals surface area contributed by atoms with Crippen LogP contribution in [0.4, 0.5) is 0 Å². The molecule has 1 N–H and O–H groups in total. The minimum atomic E-state index is 0.00638. The molecule has 226 valence electrons. The van der Waals surface area contributed by atoms with Gasteiger partial charge in [-0.25, -0.2) is 0 Å². The molecule has 1 saturated heterocycles. The molecule has 38 heavy (non-hydrogen) atoms. The fourth-order valence-corrected chi connectivity index (χ4v) is 5.79. The molecule has 1 atom stereocenters. The van der Waals surface area contributed by atoms with Crippen LogP contribution in [-0.2, 0) is 9.53 Å². The Kier molecular flexibility index (Phi) is 26.0. The van der Waals surface area contributed by atoms with Crippen molar-refractivity contribution < 1.29 is 9.53 Å². The van der Waals surface area contributed by atoms with Crippen molar-refractivity contribution >= 4 is 5.97 Å². The van der Waals surface area contributed by atoms with Crippen LogP contribution in [0.5, 0.6) is 0 Å². The second-order valence-electron chi connectivity index (χ2n) is 12.2. The molecule has 1 unspecified atom stereocenters. The summed E-state index contributed by atoms with van der Waals surface area (Å²) in [6.07, 6.45) is 31.2. The van der Waals surface area contributed by atoms with Gasteiger partial charge in [0.25, 0.3) is 0 Å². The number of esters is 1. The maximum Gasteiger partial charge on any atom is 0.305 e. The van der Waals surface area contributed by atoms with Crippen LogP contribution < -0.4 is 5.32 Å². The highest BCUT2D eigenvalue weighted by atomic mass is 16.5. The van der Waals surface area contributed by atoms with E-state index in [9.17, 15) is 4.79 Å². The zero-order valence-corrected chi connectivity index (χ0v) is 26.1.